The van der Waals surface area contributed by atoms with Crippen molar-refractivity contribution in [3.8, 4) is 5.75 Å². The Hall–Kier alpha value is -1.59. The highest BCUT2D eigenvalue weighted by Gasteiger charge is 2.17. The third-order valence-corrected chi connectivity index (χ3v) is 4.32. The third-order valence-electron chi connectivity index (χ3n) is 3.11. The van der Waals surface area contributed by atoms with Gasteiger partial charge in [0.05, 0.1) is 12.0 Å². The van der Waals surface area contributed by atoms with Crippen LogP contribution in [0.4, 0.5) is 0 Å². The van der Waals surface area contributed by atoms with Crippen LogP contribution in [0.25, 0.3) is 0 Å². The van der Waals surface area contributed by atoms with E-state index in [0.717, 1.165) is 17.3 Å². The van der Waals surface area contributed by atoms with Gasteiger partial charge in [-0.1, -0.05) is 24.6 Å². The molecule has 0 saturated heterocycles. The van der Waals surface area contributed by atoms with Crippen molar-refractivity contribution in [1.29, 1.82) is 0 Å². The van der Waals surface area contributed by atoms with Crippen LogP contribution in [0.5, 0.6) is 5.75 Å². The number of carbonyl (C=O) groups excluding carboxylic acids is 1. The number of ether oxygens (including phenoxy) is 1. The van der Waals surface area contributed by atoms with Gasteiger partial charge in [-0.2, -0.15) is 11.8 Å². The summed E-state index contributed by atoms with van der Waals surface area (Å²) < 4.78 is 11.0. The molecule has 0 fully saturated rings. The second kappa shape index (κ2) is 9.53. The second-order valence-corrected chi connectivity index (χ2v) is 6.44. The molecule has 2 aromatic rings. The summed E-state index contributed by atoms with van der Waals surface area (Å²) in [7, 11) is 0. The average Bonchev–Trinajstić information content (AvgIpc) is 3.05. The van der Waals surface area contributed by atoms with Crippen molar-refractivity contribution in [3.63, 3.8) is 0 Å². The lowest BCUT2D eigenvalue weighted by Gasteiger charge is -2.17. The molecule has 1 aromatic carbocycles. The molecule has 0 radical (unpaired) electrons. The molecule has 1 N–H and O–H groups in total. The topological polar surface area (TPSA) is 51.5 Å². The van der Waals surface area contributed by atoms with E-state index in [1.807, 2.05) is 19.1 Å². The van der Waals surface area contributed by atoms with E-state index in [4.69, 9.17) is 20.8 Å². The predicted octanol–water partition coefficient (Wildman–Crippen LogP) is 4.14. The minimum absolute atomic E-state index is 0.105. The van der Waals surface area contributed by atoms with Crippen LogP contribution >= 0.6 is 23.4 Å². The Bertz CT molecular complexity index is 604. The smallest absolute Gasteiger partial charge is 0.261 e. The predicted molar refractivity (Wildman–Crippen MR) is 94.0 cm³/mol. The molecular weight excluding hydrogens is 334 g/mol. The van der Waals surface area contributed by atoms with Crippen LogP contribution in [0.2, 0.25) is 5.02 Å². The number of amides is 1. The molecule has 4 nitrogen and oxygen atoms in total. The molecule has 0 aliphatic heterocycles. The Morgan fingerprint density at radius 1 is 1.39 bits per heavy atom. The van der Waals surface area contributed by atoms with E-state index >= 15 is 0 Å². The van der Waals surface area contributed by atoms with Gasteiger partial charge in [0.1, 0.15) is 11.5 Å². The summed E-state index contributed by atoms with van der Waals surface area (Å²) in [4.78, 5) is 12.2. The molecule has 0 aliphatic rings. The van der Waals surface area contributed by atoms with Crippen LogP contribution in [0.3, 0.4) is 0 Å². The van der Waals surface area contributed by atoms with Crippen molar-refractivity contribution in [2.24, 2.45) is 0 Å². The highest BCUT2D eigenvalue weighted by molar-refractivity contribution is 7.98. The fourth-order valence-electron chi connectivity index (χ4n) is 1.95. The number of rotatable bonds is 9. The van der Waals surface area contributed by atoms with Gasteiger partial charge in [0.2, 0.25) is 0 Å². The number of benzene rings is 1. The zero-order valence-corrected chi connectivity index (χ0v) is 14.5. The monoisotopic (exact) mass is 353 g/mol. The quantitative estimate of drug-likeness (QED) is 0.688. The summed E-state index contributed by atoms with van der Waals surface area (Å²) in [5.41, 5.74) is 0. The van der Waals surface area contributed by atoms with Crippen molar-refractivity contribution in [2.75, 3.05) is 12.3 Å². The van der Waals surface area contributed by atoms with Crippen LogP contribution in [-0.2, 0) is 10.5 Å². The van der Waals surface area contributed by atoms with E-state index in [2.05, 4.69) is 5.32 Å². The lowest BCUT2D eigenvalue weighted by Crippen LogP contribution is -2.39. The normalized spacial score (nSPS) is 11.9. The van der Waals surface area contributed by atoms with Crippen LogP contribution in [-0.4, -0.2) is 24.3 Å². The molecule has 1 aromatic heterocycles. The Kier molecular flexibility index (Phi) is 7.36. The number of carbonyl (C=O) groups is 1. The maximum Gasteiger partial charge on any atom is 0.261 e. The van der Waals surface area contributed by atoms with Crippen LogP contribution in [0.15, 0.2) is 47.1 Å². The van der Waals surface area contributed by atoms with Crippen molar-refractivity contribution in [1.82, 2.24) is 5.32 Å². The molecule has 1 unspecified atom stereocenters. The zero-order chi connectivity index (χ0) is 16.5. The largest absolute Gasteiger partial charge is 0.481 e. The molecule has 124 valence electrons. The molecule has 1 heterocycles. The van der Waals surface area contributed by atoms with Gasteiger partial charge < -0.3 is 14.5 Å². The minimum atomic E-state index is -0.511. The van der Waals surface area contributed by atoms with Gasteiger partial charge >= 0.3 is 0 Å². The third kappa shape index (κ3) is 6.20. The summed E-state index contributed by atoms with van der Waals surface area (Å²) >= 11 is 7.63. The number of hydrogen-bond donors (Lipinski definition) is 1. The van der Waals surface area contributed by atoms with E-state index in [9.17, 15) is 4.79 Å². The van der Waals surface area contributed by atoms with E-state index in [1.54, 1.807) is 42.3 Å². The first-order valence-corrected chi connectivity index (χ1v) is 9.02. The highest BCUT2D eigenvalue weighted by Crippen LogP contribution is 2.19. The first-order chi connectivity index (χ1) is 11.2. The van der Waals surface area contributed by atoms with Gasteiger partial charge in [-0.15, -0.1) is 0 Å². The molecule has 2 rings (SSSR count). The van der Waals surface area contributed by atoms with E-state index in [-0.39, 0.29) is 5.91 Å². The molecule has 0 bridgehead atoms. The molecule has 23 heavy (non-hydrogen) atoms. The molecule has 6 heteroatoms. The Morgan fingerprint density at radius 2 is 2.26 bits per heavy atom. The molecule has 1 atom stereocenters. The summed E-state index contributed by atoms with van der Waals surface area (Å²) in [6.45, 7) is 2.51. The number of halogens is 1. The average molecular weight is 354 g/mol. The number of nitrogens with one attached hydrogen (secondary N) is 1. The maximum absolute atomic E-state index is 12.2. The van der Waals surface area contributed by atoms with Gasteiger partial charge in [0, 0.05) is 17.3 Å². The molecule has 0 saturated carbocycles. The Labute approximate surface area is 145 Å². The summed E-state index contributed by atoms with van der Waals surface area (Å²) in [5.74, 6) is 3.06. The van der Waals surface area contributed by atoms with Gasteiger partial charge in [-0.25, -0.2) is 0 Å². The van der Waals surface area contributed by atoms with Crippen LogP contribution in [0, 0.1) is 0 Å². The van der Waals surface area contributed by atoms with E-state index in [0.29, 0.717) is 23.7 Å². The maximum atomic E-state index is 12.2. The van der Waals surface area contributed by atoms with Crippen LogP contribution < -0.4 is 10.1 Å². The SMILES string of the molecule is CCC(Oc1cccc(Cl)c1)C(=O)NCCSCc1ccco1. The molecule has 0 spiro atoms. The van der Waals surface area contributed by atoms with Gasteiger partial charge in [-0.3, -0.25) is 4.79 Å². The Morgan fingerprint density at radius 3 is 2.96 bits per heavy atom. The van der Waals surface area contributed by atoms with E-state index < -0.39 is 6.10 Å². The number of hydrogen-bond acceptors (Lipinski definition) is 4. The van der Waals surface area contributed by atoms with Gasteiger partial charge in [0.15, 0.2) is 6.10 Å². The fraction of sp³-hybridized carbons (Fsp3) is 0.353. The number of thioether (sulfide) groups is 1. The zero-order valence-electron chi connectivity index (χ0n) is 13.0. The molecule has 0 aliphatic carbocycles. The molecular formula is C17H20ClNO3S. The molecule has 1 amide bonds. The van der Waals surface area contributed by atoms with Crippen LogP contribution in [0.1, 0.15) is 19.1 Å². The first kappa shape index (κ1) is 17.8. The van der Waals surface area contributed by atoms with Crippen molar-refractivity contribution in [2.45, 2.75) is 25.2 Å². The van der Waals surface area contributed by atoms with Crippen molar-refractivity contribution in [3.05, 3.63) is 53.4 Å². The van der Waals surface area contributed by atoms with Crippen molar-refractivity contribution >= 4 is 29.3 Å². The van der Waals surface area contributed by atoms with Gasteiger partial charge in [-0.05, 0) is 36.8 Å². The first-order valence-electron chi connectivity index (χ1n) is 7.49. The van der Waals surface area contributed by atoms with E-state index in [1.165, 1.54) is 0 Å². The number of furan rings is 1. The summed E-state index contributed by atoms with van der Waals surface area (Å²) in [5, 5.41) is 3.49. The second-order valence-electron chi connectivity index (χ2n) is 4.90. The van der Waals surface area contributed by atoms with Gasteiger partial charge in [0.25, 0.3) is 5.91 Å². The van der Waals surface area contributed by atoms with Crippen molar-refractivity contribution < 1.29 is 13.9 Å². The summed E-state index contributed by atoms with van der Waals surface area (Å²) in [6.07, 6.45) is 1.75. The highest BCUT2D eigenvalue weighted by atomic mass is 35.5. The summed E-state index contributed by atoms with van der Waals surface area (Å²) in [6, 6.07) is 10.9. The lowest BCUT2D eigenvalue weighted by atomic mass is 10.2. The Balaban J connectivity index is 1.70. The standard InChI is InChI=1S/C17H20ClNO3S/c1-2-16(22-14-6-3-5-13(18)11-14)17(20)19-8-10-23-12-15-7-4-9-21-15/h3-7,9,11,16H,2,8,10,12H2,1H3,(H,19,20). The minimum Gasteiger partial charge on any atom is -0.481 e. The lowest BCUT2D eigenvalue weighted by molar-refractivity contribution is -0.127. The fourth-order valence-corrected chi connectivity index (χ4v) is 2.89.